The van der Waals surface area contributed by atoms with Crippen molar-refractivity contribution in [3.8, 4) is 16.9 Å². The van der Waals surface area contributed by atoms with Gasteiger partial charge in [-0.15, -0.1) is 0 Å². The highest BCUT2D eigenvalue weighted by atomic mass is 16.5. The Morgan fingerprint density at radius 3 is 2.29 bits per heavy atom. The van der Waals surface area contributed by atoms with Gasteiger partial charge in [-0.25, -0.2) is 4.98 Å². The van der Waals surface area contributed by atoms with E-state index in [1.54, 1.807) is 7.11 Å². The van der Waals surface area contributed by atoms with Gasteiger partial charge in [0.2, 0.25) is 0 Å². The molecule has 4 nitrogen and oxygen atoms in total. The lowest BCUT2D eigenvalue weighted by Crippen LogP contribution is -2.08. The minimum atomic E-state index is 0.822. The van der Waals surface area contributed by atoms with Crippen LogP contribution in [0, 0.1) is 0 Å². The van der Waals surface area contributed by atoms with Gasteiger partial charge < -0.3 is 15.0 Å². The molecule has 2 aromatic carbocycles. The second-order valence-electron chi connectivity index (χ2n) is 5.73. The molecule has 0 spiro atoms. The number of methoxy groups -OCH3 is 1. The van der Waals surface area contributed by atoms with E-state index >= 15 is 0 Å². The van der Waals surface area contributed by atoms with Crippen molar-refractivity contribution >= 4 is 17.2 Å². The number of anilines is 3. The van der Waals surface area contributed by atoms with Crippen LogP contribution in [0.15, 0.2) is 66.9 Å². The minimum Gasteiger partial charge on any atom is -0.497 e. The van der Waals surface area contributed by atoms with Gasteiger partial charge >= 0.3 is 0 Å². The summed E-state index contributed by atoms with van der Waals surface area (Å²) >= 11 is 0. The Kier molecular flexibility index (Phi) is 4.66. The fourth-order valence-corrected chi connectivity index (χ4v) is 2.43. The smallest absolute Gasteiger partial charge is 0.130 e. The van der Waals surface area contributed by atoms with Crippen molar-refractivity contribution in [2.24, 2.45) is 0 Å². The van der Waals surface area contributed by atoms with Gasteiger partial charge in [0, 0.05) is 37.2 Å². The molecule has 0 fully saturated rings. The highest BCUT2D eigenvalue weighted by Crippen LogP contribution is 2.24. The number of hydrogen-bond donors (Lipinski definition) is 1. The summed E-state index contributed by atoms with van der Waals surface area (Å²) in [7, 11) is 5.73. The molecule has 0 unspecified atom stereocenters. The highest BCUT2D eigenvalue weighted by Gasteiger charge is 2.02. The van der Waals surface area contributed by atoms with Crippen LogP contribution in [0.2, 0.25) is 0 Å². The largest absolute Gasteiger partial charge is 0.497 e. The van der Waals surface area contributed by atoms with Crippen LogP contribution >= 0.6 is 0 Å². The molecule has 0 saturated heterocycles. The van der Waals surface area contributed by atoms with E-state index in [1.165, 1.54) is 0 Å². The molecular formula is C20H21N3O. The summed E-state index contributed by atoms with van der Waals surface area (Å²) in [6, 6.07) is 20.3. The third-order valence-corrected chi connectivity index (χ3v) is 3.82. The molecule has 4 heteroatoms. The fourth-order valence-electron chi connectivity index (χ4n) is 2.43. The third kappa shape index (κ3) is 3.66. The van der Waals surface area contributed by atoms with Crippen molar-refractivity contribution in [3.63, 3.8) is 0 Å². The number of pyridine rings is 1. The van der Waals surface area contributed by atoms with Crippen LogP contribution in [0.25, 0.3) is 11.1 Å². The van der Waals surface area contributed by atoms with Crippen LogP contribution in [0.4, 0.5) is 17.2 Å². The number of benzene rings is 2. The normalized spacial score (nSPS) is 10.3. The van der Waals surface area contributed by atoms with E-state index in [9.17, 15) is 0 Å². The lowest BCUT2D eigenvalue weighted by molar-refractivity contribution is 0.415. The van der Waals surface area contributed by atoms with E-state index in [0.29, 0.717) is 0 Å². The maximum Gasteiger partial charge on any atom is 0.130 e. The average molecular weight is 319 g/mol. The van der Waals surface area contributed by atoms with Gasteiger partial charge in [0.25, 0.3) is 0 Å². The zero-order chi connectivity index (χ0) is 16.9. The first kappa shape index (κ1) is 15.9. The first-order valence-electron chi connectivity index (χ1n) is 7.80. The van der Waals surface area contributed by atoms with Gasteiger partial charge in [-0.3, -0.25) is 0 Å². The number of nitrogens with one attached hydrogen (secondary N) is 1. The second kappa shape index (κ2) is 7.04. The van der Waals surface area contributed by atoms with Crippen LogP contribution in [0.1, 0.15) is 0 Å². The summed E-state index contributed by atoms with van der Waals surface area (Å²) in [5.41, 5.74) is 4.36. The molecule has 0 saturated carbocycles. The zero-order valence-corrected chi connectivity index (χ0v) is 14.2. The molecule has 1 N–H and O–H groups in total. The van der Waals surface area contributed by atoms with Crippen molar-refractivity contribution in [2.45, 2.75) is 0 Å². The predicted octanol–water partition coefficient (Wildman–Crippen LogP) is 4.57. The molecule has 0 aliphatic rings. The first-order chi connectivity index (χ1) is 11.7. The predicted molar refractivity (Wildman–Crippen MR) is 100 cm³/mol. The summed E-state index contributed by atoms with van der Waals surface area (Å²) in [5.74, 6) is 1.67. The van der Waals surface area contributed by atoms with E-state index in [1.807, 2.05) is 62.8 Å². The van der Waals surface area contributed by atoms with Crippen molar-refractivity contribution < 1.29 is 4.74 Å². The van der Waals surface area contributed by atoms with Crippen molar-refractivity contribution in [2.75, 3.05) is 31.4 Å². The molecule has 122 valence electrons. The Morgan fingerprint density at radius 2 is 1.67 bits per heavy atom. The summed E-state index contributed by atoms with van der Waals surface area (Å²) in [6.45, 7) is 0. The van der Waals surface area contributed by atoms with Crippen molar-refractivity contribution in [1.29, 1.82) is 0 Å². The second-order valence-corrected chi connectivity index (χ2v) is 5.73. The molecule has 0 aliphatic heterocycles. The maximum absolute atomic E-state index is 5.19. The Bertz CT molecular complexity index is 796. The van der Waals surface area contributed by atoms with Crippen LogP contribution in [-0.2, 0) is 0 Å². The van der Waals surface area contributed by atoms with Gasteiger partial charge in [0.05, 0.1) is 7.11 Å². The molecule has 24 heavy (non-hydrogen) atoms. The van der Waals surface area contributed by atoms with Crippen molar-refractivity contribution in [1.82, 2.24) is 4.98 Å². The summed E-state index contributed by atoms with van der Waals surface area (Å²) in [6.07, 6.45) is 1.87. The fraction of sp³-hybridized carbons (Fsp3) is 0.150. The molecule has 3 aromatic rings. The quantitative estimate of drug-likeness (QED) is 0.747. The average Bonchev–Trinajstić information content (AvgIpc) is 2.63. The highest BCUT2D eigenvalue weighted by molar-refractivity contribution is 5.67. The van der Waals surface area contributed by atoms with Gasteiger partial charge in [-0.2, -0.15) is 0 Å². The van der Waals surface area contributed by atoms with Crippen LogP contribution in [0.5, 0.6) is 5.75 Å². The monoisotopic (exact) mass is 319 g/mol. The van der Waals surface area contributed by atoms with Gasteiger partial charge in [0.15, 0.2) is 0 Å². The van der Waals surface area contributed by atoms with Gasteiger partial charge in [-0.1, -0.05) is 18.2 Å². The first-order valence-corrected chi connectivity index (χ1v) is 7.80. The molecule has 3 rings (SSSR count). The summed E-state index contributed by atoms with van der Waals surface area (Å²) in [5, 5.41) is 3.34. The molecule has 0 atom stereocenters. The van der Waals surface area contributed by atoms with Crippen LogP contribution in [-0.4, -0.2) is 26.2 Å². The Hall–Kier alpha value is -3.01. The summed E-state index contributed by atoms with van der Waals surface area (Å²) < 4.78 is 5.19. The molecule has 0 radical (unpaired) electrons. The molecular weight excluding hydrogens is 298 g/mol. The van der Waals surface area contributed by atoms with E-state index in [-0.39, 0.29) is 0 Å². The Balaban J connectivity index is 1.75. The number of nitrogens with zero attached hydrogens (tertiary/aromatic N) is 2. The van der Waals surface area contributed by atoms with E-state index in [0.717, 1.165) is 34.1 Å². The number of ether oxygens (including phenoxy) is 1. The topological polar surface area (TPSA) is 37.4 Å². The SMILES string of the molecule is COc1ccc(-c2ccc(Nc3cccc(N(C)C)c3)nc2)cc1. The molecule has 1 aromatic heterocycles. The minimum absolute atomic E-state index is 0.822. The molecule has 1 heterocycles. The zero-order valence-electron chi connectivity index (χ0n) is 14.2. The number of aromatic nitrogens is 1. The Morgan fingerprint density at radius 1 is 0.917 bits per heavy atom. The summed E-state index contributed by atoms with van der Waals surface area (Å²) in [4.78, 5) is 6.59. The van der Waals surface area contributed by atoms with Gasteiger partial charge in [0.1, 0.15) is 11.6 Å². The maximum atomic E-state index is 5.19. The number of rotatable bonds is 5. The lowest BCUT2D eigenvalue weighted by Gasteiger charge is -2.14. The number of hydrogen-bond acceptors (Lipinski definition) is 4. The molecule has 0 bridgehead atoms. The van der Waals surface area contributed by atoms with Crippen LogP contribution in [0.3, 0.4) is 0 Å². The van der Waals surface area contributed by atoms with E-state index in [2.05, 4.69) is 33.4 Å². The molecule has 0 amide bonds. The van der Waals surface area contributed by atoms with Crippen LogP contribution < -0.4 is 15.0 Å². The standard InChI is InChI=1S/C20H21N3O/c1-23(2)18-6-4-5-17(13-18)22-20-12-9-16(14-21-20)15-7-10-19(24-3)11-8-15/h4-14H,1-3H3,(H,21,22). The van der Waals surface area contributed by atoms with E-state index in [4.69, 9.17) is 4.74 Å². The van der Waals surface area contributed by atoms with Crippen molar-refractivity contribution in [3.05, 3.63) is 66.9 Å². The molecule has 0 aliphatic carbocycles. The van der Waals surface area contributed by atoms with Gasteiger partial charge in [-0.05, 0) is 48.0 Å². The lowest BCUT2D eigenvalue weighted by atomic mass is 10.1. The Labute approximate surface area is 142 Å². The van der Waals surface area contributed by atoms with E-state index < -0.39 is 0 Å². The third-order valence-electron chi connectivity index (χ3n) is 3.82.